The van der Waals surface area contributed by atoms with Crippen molar-refractivity contribution in [3.63, 3.8) is 0 Å². The average molecular weight is 270 g/mol. The van der Waals surface area contributed by atoms with Crippen LogP contribution in [-0.2, 0) is 6.54 Å². The van der Waals surface area contributed by atoms with Gasteiger partial charge in [0, 0.05) is 5.39 Å². The van der Waals surface area contributed by atoms with Gasteiger partial charge >= 0.3 is 0 Å². The summed E-state index contributed by atoms with van der Waals surface area (Å²) in [7, 11) is 0. The summed E-state index contributed by atoms with van der Waals surface area (Å²) in [6.45, 7) is 0.623. The first-order chi connectivity index (χ1) is 9.31. The van der Waals surface area contributed by atoms with Gasteiger partial charge in [0.15, 0.2) is 0 Å². The predicted molar refractivity (Wildman–Crippen MR) is 78.3 cm³/mol. The first-order valence-corrected chi connectivity index (χ1v) is 6.40. The smallest absolute Gasteiger partial charge is 0.131 e. The Morgan fingerprint density at radius 2 is 1.79 bits per heavy atom. The van der Waals surface area contributed by atoms with E-state index in [1.54, 1.807) is 6.07 Å². The van der Waals surface area contributed by atoms with E-state index in [4.69, 9.17) is 11.6 Å². The molecule has 0 amide bonds. The monoisotopic (exact) mass is 269 g/mol. The molecule has 4 heteroatoms. The Bertz CT molecular complexity index is 712. The molecule has 0 aliphatic carbocycles. The minimum absolute atomic E-state index is 0.483. The first kappa shape index (κ1) is 11.9. The van der Waals surface area contributed by atoms with Gasteiger partial charge in [0.25, 0.3) is 0 Å². The van der Waals surface area contributed by atoms with E-state index in [1.807, 2.05) is 36.4 Å². The van der Waals surface area contributed by atoms with E-state index in [1.165, 1.54) is 0 Å². The van der Waals surface area contributed by atoms with Crippen molar-refractivity contribution < 1.29 is 0 Å². The van der Waals surface area contributed by atoms with Gasteiger partial charge in [0.05, 0.1) is 17.8 Å². The Labute approximate surface area is 116 Å². The van der Waals surface area contributed by atoms with Gasteiger partial charge in [-0.2, -0.15) is 0 Å². The second-order valence-electron chi connectivity index (χ2n) is 4.19. The number of pyridine rings is 2. The molecule has 1 aromatic carbocycles. The van der Waals surface area contributed by atoms with Crippen LogP contribution in [0.25, 0.3) is 10.9 Å². The van der Waals surface area contributed by atoms with Crippen LogP contribution in [0.3, 0.4) is 0 Å². The Morgan fingerprint density at radius 3 is 2.68 bits per heavy atom. The van der Waals surface area contributed by atoms with Crippen molar-refractivity contribution >= 4 is 28.3 Å². The molecule has 0 aliphatic rings. The fourth-order valence-electron chi connectivity index (χ4n) is 1.89. The zero-order valence-electron chi connectivity index (χ0n) is 10.2. The van der Waals surface area contributed by atoms with Crippen LogP contribution in [0.5, 0.6) is 0 Å². The fraction of sp³-hybridized carbons (Fsp3) is 0.0667. The van der Waals surface area contributed by atoms with E-state index in [9.17, 15) is 0 Å². The molecule has 1 N–H and O–H groups in total. The number of para-hydroxylation sites is 1. The first-order valence-electron chi connectivity index (χ1n) is 6.02. The van der Waals surface area contributed by atoms with Gasteiger partial charge in [0.1, 0.15) is 11.0 Å². The van der Waals surface area contributed by atoms with Gasteiger partial charge in [-0.15, -0.1) is 0 Å². The SMILES string of the molecule is Clc1cccc(NCc2ccc3ccccc3n2)n1. The largest absolute Gasteiger partial charge is 0.364 e. The Balaban J connectivity index is 1.78. The van der Waals surface area contributed by atoms with Crippen LogP contribution in [0.1, 0.15) is 5.69 Å². The quantitative estimate of drug-likeness (QED) is 0.733. The topological polar surface area (TPSA) is 37.8 Å². The molecule has 3 rings (SSSR count). The fourth-order valence-corrected chi connectivity index (χ4v) is 2.06. The number of fused-ring (bicyclic) bond motifs is 1. The molecule has 2 aromatic heterocycles. The molecule has 0 fully saturated rings. The van der Waals surface area contributed by atoms with Crippen molar-refractivity contribution in [3.05, 3.63) is 65.4 Å². The summed E-state index contributed by atoms with van der Waals surface area (Å²) in [6.07, 6.45) is 0. The molecule has 0 unspecified atom stereocenters. The van der Waals surface area contributed by atoms with Gasteiger partial charge in [-0.1, -0.05) is 41.9 Å². The second-order valence-corrected chi connectivity index (χ2v) is 4.58. The third-order valence-electron chi connectivity index (χ3n) is 2.82. The number of rotatable bonds is 3. The van der Waals surface area contributed by atoms with Crippen molar-refractivity contribution in [2.75, 3.05) is 5.32 Å². The molecule has 0 saturated heterocycles. The molecule has 3 aromatic rings. The van der Waals surface area contributed by atoms with Gasteiger partial charge < -0.3 is 5.32 Å². The van der Waals surface area contributed by atoms with Crippen LogP contribution >= 0.6 is 11.6 Å². The zero-order chi connectivity index (χ0) is 13.1. The third kappa shape index (κ3) is 2.83. The molecule has 94 valence electrons. The normalized spacial score (nSPS) is 10.6. The van der Waals surface area contributed by atoms with E-state index in [2.05, 4.69) is 27.4 Å². The summed E-state index contributed by atoms with van der Waals surface area (Å²) in [6, 6.07) is 17.7. The number of nitrogens with zero attached hydrogens (tertiary/aromatic N) is 2. The summed E-state index contributed by atoms with van der Waals surface area (Å²) < 4.78 is 0. The van der Waals surface area contributed by atoms with E-state index in [0.29, 0.717) is 11.7 Å². The van der Waals surface area contributed by atoms with Crippen molar-refractivity contribution in [1.82, 2.24) is 9.97 Å². The molecule has 0 bridgehead atoms. The minimum atomic E-state index is 0.483. The van der Waals surface area contributed by atoms with E-state index in [0.717, 1.165) is 22.4 Å². The van der Waals surface area contributed by atoms with Gasteiger partial charge in [-0.3, -0.25) is 4.98 Å². The number of hydrogen-bond acceptors (Lipinski definition) is 3. The van der Waals surface area contributed by atoms with Crippen LogP contribution in [-0.4, -0.2) is 9.97 Å². The van der Waals surface area contributed by atoms with Crippen LogP contribution in [0, 0.1) is 0 Å². The maximum absolute atomic E-state index is 5.84. The van der Waals surface area contributed by atoms with E-state index < -0.39 is 0 Å². The third-order valence-corrected chi connectivity index (χ3v) is 3.03. The predicted octanol–water partition coefficient (Wildman–Crippen LogP) is 3.90. The molecular weight excluding hydrogens is 258 g/mol. The minimum Gasteiger partial charge on any atom is -0.364 e. The number of aromatic nitrogens is 2. The maximum atomic E-state index is 5.84. The molecular formula is C15H12ClN3. The van der Waals surface area contributed by atoms with Gasteiger partial charge in [-0.25, -0.2) is 4.98 Å². The van der Waals surface area contributed by atoms with Crippen LogP contribution in [0.4, 0.5) is 5.82 Å². The van der Waals surface area contributed by atoms with E-state index in [-0.39, 0.29) is 0 Å². The lowest BCUT2D eigenvalue weighted by molar-refractivity contribution is 1.05. The molecule has 0 radical (unpaired) electrons. The second kappa shape index (κ2) is 5.24. The number of hydrogen-bond donors (Lipinski definition) is 1. The molecule has 2 heterocycles. The summed E-state index contributed by atoms with van der Waals surface area (Å²) in [5.74, 6) is 0.752. The summed E-state index contributed by atoms with van der Waals surface area (Å²) in [5.41, 5.74) is 1.97. The number of benzene rings is 1. The van der Waals surface area contributed by atoms with Crippen molar-refractivity contribution in [2.24, 2.45) is 0 Å². The highest BCUT2D eigenvalue weighted by molar-refractivity contribution is 6.29. The standard InChI is InChI=1S/C15H12ClN3/c16-14-6-3-7-15(19-14)17-10-12-9-8-11-4-1-2-5-13(11)18-12/h1-9H,10H2,(H,17,19). The summed E-state index contributed by atoms with van der Waals surface area (Å²) in [5, 5.41) is 4.84. The highest BCUT2D eigenvalue weighted by atomic mass is 35.5. The zero-order valence-corrected chi connectivity index (χ0v) is 10.9. The Morgan fingerprint density at radius 1 is 0.895 bits per heavy atom. The molecule has 0 saturated carbocycles. The molecule has 0 aliphatic heterocycles. The van der Waals surface area contributed by atoms with Crippen LogP contribution in [0.2, 0.25) is 5.15 Å². The highest BCUT2D eigenvalue weighted by Gasteiger charge is 1.99. The Kier molecular flexibility index (Phi) is 3.29. The van der Waals surface area contributed by atoms with Crippen molar-refractivity contribution in [1.29, 1.82) is 0 Å². The van der Waals surface area contributed by atoms with Crippen LogP contribution < -0.4 is 5.32 Å². The molecule has 0 atom stereocenters. The summed E-state index contributed by atoms with van der Waals surface area (Å²) >= 11 is 5.84. The summed E-state index contributed by atoms with van der Waals surface area (Å²) in [4.78, 5) is 8.77. The number of nitrogens with one attached hydrogen (secondary N) is 1. The lowest BCUT2D eigenvalue weighted by atomic mass is 10.2. The average Bonchev–Trinajstić information content (AvgIpc) is 2.45. The Hall–Kier alpha value is -2.13. The lowest BCUT2D eigenvalue weighted by Gasteiger charge is -2.06. The number of anilines is 1. The van der Waals surface area contributed by atoms with Crippen molar-refractivity contribution in [3.8, 4) is 0 Å². The van der Waals surface area contributed by atoms with Gasteiger partial charge in [0.2, 0.25) is 0 Å². The molecule has 0 spiro atoms. The van der Waals surface area contributed by atoms with Gasteiger partial charge in [-0.05, 0) is 24.3 Å². The molecule has 3 nitrogen and oxygen atoms in total. The highest BCUT2D eigenvalue weighted by Crippen LogP contribution is 2.13. The number of halogens is 1. The van der Waals surface area contributed by atoms with Crippen LogP contribution in [0.15, 0.2) is 54.6 Å². The lowest BCUT2D eigenvalue weighted by Crippen LogP contribution is -2.03. The molecule has 19 heavy (non-hydrogen) atoms. The van der Waals surface area contributed by atoms with E-state index >= 15 is 0 Å². The van der Waals surface area contributed by atoms with Crippen molar-refractivity contribution in [2.45, 2.75) is 6.54 Å². The maximum Gasteiger partial charge on any atom is 0.131 e.